The minimum Gasteiger partial charge on any atom is -0.508 e. The van der Waals surface area contributed by atoms with E-state index >= 15 is 0 Å². The van der Waals surface area contributed by atoms with E-state index in [1.54, 1.807) is 41.8 Å². The normalized spacial score (nSPS) is 11.1. The minimum absolute atomic E-state index is 0.0285. The molecule has 0 saturated carbocycles. The molecule has 0 aliphatic heterocycles. The number of phenolic OH excluding ortho intramolecular Hbond substituents is 1. The van der Waals surface area contributed by atoms with E-state index in [0.717, 1.165) is 32.3 Å². The van der Waals surface area contributed by atoms with Crippen LogP contribution < -0.4 is 10.1 Å². The molecule has 28 heavy (non-hydrogen) atoms. The number of ether oxygens (including phenoxy) is 1. The maximum absolute atomic E-state index is 12.5. The summed E-state index contributed by atoms with van der Waals surface area (Å²) in [5.74, 6) is 1.49. The Labute approximate surface area is 166 Å². The van der Waals surface area contributed by atoms with Crippen molar-refractivity contribution < 1.29 is 14.6 Å². The summed E-state index contributed by atoms with van der Waals surface area (Å²) in [6.07, 6.45) is 2.56. The number of benzene rings is 2. The largest absolute Gasteiger partial charge is 0.508 e. The van der Waals surface area contributed by atoms with Gasteiger partial charge in [-0.05, 0) is 49.7 Å². The molecule has 0 unspecified atom stereocenters. The fourth-order valence-corrected chi connectivity index (χ4v) is 4.29. The first-order chi connectivity index (χ1) is 13.6. The molecule has 0 spiro atoms. The number of aryl methyl sites for hydroxylation is 1. The van der Waals surface area contributed by atoms with Crippen LogP contribution >= 0.6 is 11.3 Å². The highest BCUT2D eigenvalue weighted by molar-refractivity contribution is 7.19. The van der Waals surface area contributed by atoms with Crippen molar-refractivity contribution in [1.29, 1.82) is 0 Å². The number of hydrogen-bond acceptors (Lipinski definition) is 5. The second-order valence-corrected chi connectivity index (χ2v) is 7.82. The molecule has 0 aliphatic carbocycles. The predicted molar refractivity (Wildman–Crippen MR) is 113 cm³/mol. The van der Waals surface area contributed by atoms with E-state index in [1.807, 2.05) is 32.0 Å². The topological polar surface area (TPSA) is 71.5 Å². The van der Waals surface area contributed by atoms with Crippen LogP contribution in [0, 0.1) is 6.92 Å². The summed E-state index contributed by atoms with van der Waals surface area (Å²) in [5.41, 5.74) is 1.41. The van der Waals surface area contributed by atoms with Gasteiger partial charge in [-0.25, -0.2) is 0 Å². The Hall–Kier alpha value is -3.12. The summed E-state index contributed by atoms with van der Waals surface area (Å²) in [4.78, 5) is 17.7. The lowest BCUT2D eigenvalue weighted by molar-refractivity contribution is 0.0955. The van der Waals surface area contributed by atoms with Crippen molar-refractivity contribution in [3.63, 3.8) is 0 Å². The highest BCUT2D eigenvalue weighted by atomic mass is 32.1. The molecule has 0 atom stereocenters. The molecule has 0 fully saturated rings. The van der Waals surface area contributed by atoms with E-state index in [2.05, 4.69) is 10.3 Å². The summed E-state index contributed by atoms with van der Waals surface area (Å²) >= 11 is 1.58. The molecule has 5 nitrogen and oxygen atoms in total. The number of phenols is 1. The lowest BCUT2D eigenvalue weighted by atomic mass is 10.1. The Morgan fingerprint density at radius 1 is 1.18 bits per heavy atom. The smallest absolute Gasteiger partial charge is 0.253 e. The van der Waals surface area contributed by atoms with Gasteiger partial charge >= 0.3 is 0 Å². The summed E-state index contributed by atoms with van der Waals surface area (Å²) < 4.78 is 7.11. The van der Waals surface area contributed by atoms with Gasteiger partial charge in [-0.3, -0.25) is 9.78 Å². The number of nitrogens with one attached hydrogen (secondary N) is 1. The molecule has 1 amide bonds. The van der Waals surface area contributed by atoms with Gasteiger partial charge < -0.3 is 15.2 Å². The van der Waals surface area contributed by atoms with E-state index < -0.39 is 0 Å². The van der Waals surface area contributed by atoms with E-state index in [-0.39, 0.29) is 11.7 Å². The first kappa shape index (κ1) is 18.3. The number of amides is 1. The van der Waals surface area contributed by atoms with Gasteiger partial charge in [-0.1, -0.05) is 6.92 Å². The predicted octanol–water partition coefficient (Wildman–Crippen LogP) is 5.40. The number of hydrogen-bond donors (Lipinski definition) is 2. The van der Waals surface area contributed by atoms with E-state index in [1.165, 1.54) is 0 Å². The van der Waals surface area contributed by atoms with E-state index in [4.69, 9.17) is 4.74 Å². The molecular formula is C22H20N2O3S. The van der Waals surface area contributed by atoms with Crippen molar-refractivity contribution in [2.75, 3.05) is 6.54 Å². The average Bonchev–Trinajstić information content (AvgIpc) is 3.01. The van der Waals surface area contributed by atoms with Crippen molar-refractivity contribution in [1.82, 2.24) is 10.3 Å². The summed E-state index contributed by atoms with van der Waals surface area (Å²) in [5, 5.41) is 14.4. The molecule has 2 N–H and O–H groups in total. The minimum atomic E-state index is -0.0285. The van der Waals surface area contributed by atoms with Crippen LogP contribution in [0.4, 0.5) is 0 Å². The van der Waals surface area contributed by atoms with Gasteiger partial charge in [0.05, 0.1) is 11.1 Å². The molecule has 0 bridgehead atoms. The lowest BCUT2D eigenvalue weighted by Gasteiger charge is -2.09. The van der Waals surface area contributed by atoms with Gasteiger partial charge in [0.1, 0.15) is 17.2 Å². The van der Waals surface area contributed by atoms with Gasteiger partial charge in [0.15, 0.2) is 0 Å². The van der Waals surface area contributed by atoms with Crippen molar-refractivity contribution in [3.05, 3.63) is 59.1 Å². The Bertz CT molecular complexity index is 1180. The molecular weight excluding hydrogens is 372 g/mol. The van der Waals surface area contributed by atoms with Crippen molar-refractivity contribution in [3.8, 4) is 17.2 Å². The van der Waals surface area contributed by atoms with Gasteiger partial charge in [-0.15, -0.1) is 11.3 Å². The maximum atomic E-state index is 12.5. The molecule has 6 heteroatoms. The van der Waals surface area contributed by atoms with Crippen LogP contribution in [0.2, 0.25) is 0 Å². The molecule has 0 aliphatic rings. The first-order valence-electron chi connectivity index (χ1n) is 9.13. The second-order valence-electron chi connectivity index (χ2n) is 6.56. The number of aromatic nitrogens is 1. The van der Waals surface area contributed by atoms with Crippen LogP contribution in [0.1, 0.15) is 28.6 Å². The molecule has 4 rings (SSSR count). The molecule has 142 valence electrons. The Morgan fingerprint density at radius 2 is 2.00 bits per heavy atom. The van der Waals surface area contributed by atoms with Gasteiger partial charge in [0.2, 0.25) is 0 Å². The zero-order chi connectivity index (χ0) is 19.7. The number of nitrogens with zero attached hydrogens (tertiary/aromatic N) is 1. The van der Waals surface area contributed by atoms with E-state index in [9.17, 15) is 9.90 Å². The summed E-state index contributed by atoms with van der Waals surface area (Å²) in [6, 6.07) is 12.6. The number of carbonyl (C=O) groups excluding carboxylic acids is 1. The fraction of sp³-hybridized carbons (Fsp3) is 0.182. The van der Waals surface area contributed by atoms with Crippen LogP contribution in [0.15, 0.2) is 48.7 Å². The summed E-state index contributed by atoms with van der Waals surface area (Å²) in [7, 11) is 0. The average molecular weight is 392 g/mol. The van der Waals surface area contributed by atoms with Gasteiger partial charge in [-0.2, -0.15) is 0 Å². The number of rotatable bonds is 5. The Balaban J connectivity index is 1.69. The van der Waals surface area contributed by atoms with Crippen LogP contribution in [0.5, 0.6) is 17.2 Å². The molecule has 2 aromatic heterocycles. The molecule has 0 saturated heterocycles. The number of aromatic hydroxyl groups is 1. The third-order valence-electron chi connectivity index (χ3n) is 4.51. The highest BCUT2D eigenvalue weighted by Gasteiger charge is 2.17. The number of fused-ring (bicyclic) bond motifs is 2. The number of pyridine rings is 1. The highest BCUT2D eigenvalue weighted by Crippen LogP contribution is 2.36. The summed E-state index contributed by atoms with van der Waals surface area (Å²) in [6.45, 7) is 4.67. The number of thiophene rings is 1. The fourth-order valence-electron chi connectivity index (χ4n) is 3.20. The molecule has 2 aromatic carbocycles. The van der Waals surface area contributed by atoms with Crippen LogP contribution in [0.25, 0.3) is 21.0 Å². The first-order valence-corrected chi connectivity index (χ1v) is 9.95. The molecule has 2 heterocycles. The van der Waals surface area contributed by atoms with Crippen molar-refractivity contribution in [2.24, 2.45) is 0 Å². The van der Waals surface area contributed by atoms with Gasteiger partial charge in [0.25, 0.3) is 5.91 Å². The molecule has 0 radical (unpaired) electrons. The zero-order valence-corrected chi connectivity index (χ0v) is 16.5. The lowest BCUT2D eigenvalue weighted by Crippen LogP contribution is -2.24. The van der Waals surface area contributed by atoms with Crippen LogP contribution in [0.3, 0.4) is 0 Å². The molecule has 4 aromatic rings. The third kappa shape index (κ3) is 3.39. The maximum Gasteiger partial charge on any atom is 0.253 e. The van der Waals surface area contributed by atoms with E-state index in [0.29, 0.717) is 23.6 Å². The van der Waals surface area contributed by atoms with Crippen LogP contribution in [-0.2, 0) is 0 Å². The zero-order valence-electron chi connectivity index (χ0n) is 15.7. The van der Waals surface area contributed by atoms with Crippen molar-refractivity contribution in [2.45, 2.75) is 20.3 Å². The second kappa shape index (κ2) is 7.48. The monoisotopic (exact) mass is 392 g/mol. The third-order valence-corrected chi connectivity index (χ3v) is 5.58. The van der Waals surface area contributed by atoms with Crippen LogP contribution in [-0.4, -0.2) is 22.5 Å². The van der Waals surface area contributed by atoms with Gasteiger partial charge in [0, 0.05) is 39.2 Å². The van der Waals surface area contributed by atoms with Crippen molar-refractivity contribution >= 4 is 38.2 Å². The number of carbonyl (C=O) groups is 1. The standard InChI is InChI=1S/C22H20N2O3S/c1-3-9-24-22(26)21-13(2)28-20-12-15(5-7-17(20)21)27-19-8-10-23-18-11-14(25)4-6-16(18)19/h4-8,10-12,25H,3,9H2,1-2H3,(H,24,26). The quantitative estimate of drug-likeness (QED) is 0.477. The SMILES string of the molecule is CCCNC(=O)c1c(C)sc2cc(Oc3ccnc4cc(O)ccc34)ccc12. The Kier molecular flexibility index (Phi) is 4.88. The Morgan fingerprint density at radius 3 is 2.82 bits per heavy atom.